The fraction of sp³-hybridized carbons (Fsp3) is 0.143. The van der Waals surface area contributed by atoms with E-state index in [0.717, 1.165) is 5.56 Å². The molecule has 0 heterocycles. The normalized spacial score (nSPS) is 10.5. The van der Waals surface area contributed by atoms with Gasteiger partial charge < -0.3 is 5.32 Å². The van der Waals surface area contributed by atoms with Crippen LogP contribution in [0.3, 0.4) is 0 Å². The van der Waals surface area contributed by atoms with Crippen LogP contribution in [0.25, 0.3) is 0 Å². The van der Waals surface area contributed by atoms with Gasteiger partial charge in [-0.2, -0.15) is 0 Å². The summed E-state index contributed by atoms with van der Waals surface area (Å²) in [5.41, 5.74) is 1.85. The molecule has 0 fully saturated rings. The van der Waals surface area contributed by atoms with Crippen LogP contribution in [-0.2, 0) is 13.1 Å². The maximum Gasteiger partial charge on any atom is 0.275 e. The van der Waals surface area contributed by atoms with Gasteiger partial charge in [-0.05, 0) is 29.8 Å². The van der Waals surface area contributed by atoms with E-state index in [1.54, 1.807) is 12.1 Å². The number of nitro groups is 1. The Morgan fingerprint density at radius 2 is 1.85 bits per heavy atom. The van der Waals surface area contributed by atoms with Crippen LogP contribution < -0.4 is 5.32 Å². The highest BCUT2D eigenvalue weighted by molar-refractivity contribution is 9.10. The highest BCUT2D eigenvalue weighted by atomic mass is 79.9. The summed E-state index contributed by atoms with van der Waals surface area (Å²) < 4.78 is 0.700. The Morgan fingerprint density at radius 3 is 2.50 bits per heavy atom. The minimum Gasteiger partial charge on any atom is -0.308 e. The van der Waals surface area contributed by atoms with Gasteiger partial charge in [0.1, 0.15) is 0 Å². The number of nitrogens with zero attached hydrogens (tertiary/aromatic N) is 1. The molecule has 0 unspecified atom stereocenters. The molecule has 0 aliphatic rings. The van der Waals surface area contributed by atoms with Crippen LogP contribution >= 0.6 is 27.5 Å². The first-order chi connectivity index (χ1) is 9.56. The molecule has 104 valence electrons. The van der Waals surface area contributed by atoms with Gasteiger partial charge in [0.2, 0.25) is 0 Å². The van der Waals surface area contributed by atoms with Crippen molar-refractivity contribution >= 4 is 33.2 Å². The quantitative estimate of drug-likeness (QED) is 0.642. The third kappa shape index (κ3) is 4.03. The summed E-state index contributed by atoms with van der Waals surface area (Å²) in [6.45, 7) is 1.07. The zero-order valence-corrected chi connectivity index (χ0v) is 12.8. The topological polar surface area (TPSA) is 55.2 Å². The van der Waals surface area contributed by atoms with Crippen LogP contribution in [0.5, 0.6) is 0 Å². The van der Waals surface area contributed by atoms with Gasteiger partial charge in [0, 0.05) is 34.2 Å². The number of nitro benzene ring substituents is 1. The highest BCUT2D eigenvalue weighted by Gasteiger charge is 2.13. The van der Waals surface area contributed by atoms with Gasteiger partial charge in [-0.15, -0.1) is 0 Å². The van der Waals surface area contributed by atoms with Gasteiger partial charge in [0.25, 0.3) is 5.69 Å². The van der Waals surface area contributed by atoms with Crippen LogP contribution in [0.1, 0.15) is 11.1 Å². The standard InChI is InChI=1S/C14H12BrClN2O2/c15-12-4-3-11(14(7-12)18(19)20)9-17-8-10-1-5-13(16)6-2-10/h1-7,17H,8-9H2. The summed E-state index contributed by atoms with van der Waals surface area (Å²) in [6.07, 6.45) is 0. The smallest absolute Gasteiger partial charge is 0.275 e. The molecule has 0 saturated heterocycles. The number of benzene rings is 2. The van der Waals surface area contributed by atoms with Crippen LogP contribution in [0, 0.1) is 10.1 Å². The van der Waals surface area contributed by atoms with Gasteiger partial charge in [0.05, 0.1) is 4.92 Å². The second kappa shape index (κ2) is 6.83. The maximum absolute atomic E-state index is 11.0. The number of hydrogen-bond acceptors (Lipinski definition) is 3. The van der Waals surface area contributed by atoms with Gasteiger partial charge in [0.15, 0.2) is 0 Å². The van der Waals surface area contributed by atoms with Crippen molar-refractivity contribution in [2.24, 2.45) is 0 Å². The fourth-order valence-corrected chi connectivity index (χ4v) is 2.28. The summed E-state index contributed by atoms with van der Waals surface area (Å²) >= 11 is 9.05. The number of nitrogens with one attached hydrogen (secondary N) is 1. The van der Waals surface area contributed by atoms with Gasteiger partial charge in [-0.25, -0.2) is 0 Å². The van der Waals surface area contributed by atoms with Crippen molar-refractivity contribution in [3.05, 3.63) is 73.2 Å². The van der Waals surface area contributed by atoms with Gasteiger partial charge in [-0.3, -0.25) is 10.1 Å². The number of rotatable bonds is 5. The average molecular weight is 356 g/mol. The maximum atomic E-state index is 11.0. The molecule has 0 amide bonds. The van der Waals surface area contributed by atoms with Crippen molar-refractivity contribution in [3.8, 4) is 0 Å². The van der Waals surface area contributed by atoms with E-state index in [9.17, 15) is 10.1 Å². The Kier molecular flexibility index (Phi) is 5.11. The van der Waals surface area contributed by atoms with E-state index in [4.69, 9.17) is 11.6 Å². The first-order valence-corrected chi connectivity index (χ1v) is 7.11. The molecule has 0 aliphatic heterocycles. The third-order valence-corrected chi connectivity index (χ3v) is 3.55. The van der Waals surface area contributed by atoms with E-state index < -0.39 is 0 Å². The largest absolute Gasteiger partial charge is 0.308 e. The summed E-state index contributed by atoms with van der Waals surface area (Å²) in [5.74, 6) is 0. The molecule has 0 atom stereocenters. The zero-order valence-electron chi connectivity index (χ0n) is 10.5. The SMILES string of the molecule is O=[N+]([O-])c1cc(Br)ccc1CNCc1ccc(Cl)cc1. The van der Waals surface area contributed by atoms with Crippen molar-refractivity contribution in [2.75, 3.05) is 0 Å². The predicted molar refractivity (Wildman–Crippen MR) is 82.8 cm³/mol. The van der Waals surface area contributed by atoms with E-state index in [2.05, 4.69) is 21.2 Å². The molecule has 0 radical (unpaired) electrons. The average Bonchev–Trinajstić information content (AvgIpc) is 2.42. The fourth-order valence-electron chi connectivity index (χ4n) is 1.80. The molecule has 0 aliphatic carbocycles. The predicted octanol–water partition coefficient (Wildman–Crippen LogP) is 4.30. The van der Waals surface area contributed by atoms with Gasteiger partial charge >= 0.3 is 0 Å². The van der Waals surface area contributed by atoms with Crippen LogP contribution in [0.15, 0.2) is 46.9 Å². The lowest BCUT2D eigenvalue weighted by atomic mass is 10.1. The molecule has 0 bridgehead atoms. The van der Waals surface area contributed by atoms with Crippen LogP contribution in [0.4, 0.5) is 5.69 Å². The molecule has 0 spiro atoms. The lowest BCUT2D eigenvalue weighted by Crippen LogP contribution is -2.13. The monoisotopic (exact) mass is 354 g/mol. The number of halogens is 2. The summed E-state index contributed by atoms with van der Waals surface area (Å²) in [5, 5.41) is 14.9. The van der Waals surface area contributed by atoms with E-state index in [0.29, 0.717) is 28.1 Å². The Labute approximate surface area is 130 Å². The second-order valence-electron chi connectivity index (χ2n) is 4.26. The first kappa shape index (κ1) is 15.0. The minimum atomic E-state index is -0.371. The molecule has 20 heavy (non-hydrogen) atoms. The highest BCUT2D eigenvalue weighted by Crippen LogP contribution is 2.23. The zero-order chi connectivity index (χ0) is 14.5. The summed E-state index contributed by atoms with van der Waals surface area (Å²) in [6, 6.07) is 12.5. The van der Waals surface area contributed by atoms with E-state index in [-0.39, 0.29) is 10.6 Å². The molecule has 0 aromatic heterocycles. The van der Waals surface area contributed by atoms with E-state index in [1.807, 2.05) is 24.3 Å². The van der Waals surface area contributed by atoms with Gasteiger partial charge in [-0.1, -0.05) is 39.7 Å². The molecular formula is C14H12BrClN2O2. The Balaban J connectivity index is 2.00. The molecule has 2 aromatic rings. The molecular weight excluding hydrogens is 344 g/mol. The minimum absolute atomic E-state index is 0.114. The van der Waals surface area contributed by atoms with Crippen molar-refractivity contribution in [1.29, 1.82) is 0 Å². The Bertz CT molecular complexity index is 617. The van der Waals surface area contributed by atoms with Crippen LogP contribution in [0.2, 0.25) is 5.02 Å². The summed E-state index contributed by atoms with van der Waals surface area (Å²) in [4.78, 5) is 10.6. The first-order valence-electron chi connectivity index (χ1n) is 5.94. The third-order valence-electron chi connectivity index (χ3n) is 2.80. The summed E-state index contributed by atoms with van der Waals surface area (Å²) in [7, 11) is 0. The molecule has 6 heteroatoms. The van der Waals surface area contributed by atoms with Crippen LogP contribution in [-0.4, -0.2) is 4.92 Å². The van der Waals surface area contributed by atoms with Crippen molar-refractivity contribution in [1.82, 2.24) is 5.32 Å². The molecule has 4 nitrogen and oxygen atoms in total. The Morgan fingerprint density at radius 1 is 1.15 bits per heavy atom. The lowest BCUT2D eigenvalue weighted by molar-refractivity contribution is -0.385. The molecule has 1 N–H and O–H groups in total. The van der Waals surface area contributed by atoms with E-state index >= 15 is 0 Å². The van der Waals surface area contributed by atoms with Crippen molar-refractivity contribution in [3.63, 3.8) is 0 Å². The second-order valence-corrected chi connectivity index (χ2v) is 5.61. The van der Waals surface area contributed by atoms with E-state index in [1.165, 1.54) is 6.07 Å². The molecule has 0 saturated carbocycles. The lowest BCUT2D eigenvalue weighted by Gasteiger charge is -2.06. The van der Waals surface area contributed by atoms with Crippen molar-refractivity contribution < 1.29 is 4.92 Å². The molecule has 2 aromatic carbocycles. The number of hydrogen-bond donors (Lipinski definition) is 1. The Hall–Kier alpha value is -1.43. The molecule has 2 rings (SSSR count). The van der Waals surface area contributed by atoms with Crippen molar-refractivity contribution in [2.45, 2.75) is 13.1 Å².